The Labute approximate surface area is 147 Å². The first-order valence-electron chi connectivity index (χ1n) is 8.28. The first-order valence-corrected chi connectivity index (χ1v) is 8.28. The van der Waals surface area contributed by atoms with E-state index in [1.807, 2.05) is 55.5 Å². The Morgan fingerprint density at radius 3 is 2.48 bits per heavy atom. The molecule has 6 heteroatoms. The third kappa shape index (κ3) is 4.99. The zero-order valence-corrected chi connectivity index (χ0v) is 14.1. The highest BCUT2D eigenvalue weighted by Crippen LogP contribution is 2.22. The molecule has 0 unspecified atom stereocenters. The largest absolute Gasteiger partial charge is 0.380 e. The molecule has 6 nitrogen and oxygen atoms in total. The Bertz CT molecular complexity index is 780. The van der Waals surface area contributed by atoms with E-state index in [0.29, 0.717) is 25.6 Å². The maximum absolute atomic E-state index is 5.37. The lowest BCUT2D eigenvalue weighted by atomic mass is 10.2. The standard InChI is InChI=1S/C19H21N5O/c1-2-25-13-12-21-17-14-18(22-16-8-10-20-11-9-16)24-19(23-17)15-6-4-3-5-7-15/h3-11,14H,2,12-13H2,1H3,(H2,20,21,22,23,24). The number of aromatic nitrogens is 3. The number of rotatable bonds is 8. The summed E-state index contributed by atoms with van der Waals surface area (Å²) >= 11 is 0. The second-order valence-corrected chi connectivity index (χ2v) is 5.31. The zero-order valence-electron chi connectivity index (χ0n) is 14.1. The molecule has 0 radical (unpaired) electrons. The molecule has 0 spiro atoms. The van der Waals surface area contributed by atoms with Crippen LogP contribution in [0.2, 0.25) is 0 Å². The molecule has 0 aliphatic carbocycles. The first-order chi connectivity index (χ1) is 12.3. The summed E-state index contributed by atoms with van der Waals surface area (Å²) in [6, 6.07) is 15.6. The second kappa shape index (κ2) is 8.75. The number of hydrogen-bond acceptors (Lipinski definition) is 6. The Kier molecular flexibility index (Phi) is 5.90. The smallest absolute Gasteiger partial charge is 0.163 e. The van der Waals surface area contributed by atoms with Crippen LogP contribution >= 0.6 is 0 Å². The molecule has 1 aromatic carbocycles. The molecule has 3 rings (SSSR count). The highest BCUT2D eigenvalue weighted by Gasteiger charge is 2.07. The normalized spacial score (nSPS) is 10.4. The SMILES string of the molecule is CCOCCNc1cc(Nc2ccncc2)nc(-c2ccccc2)n1. The number of benzene rings is 1. The molecule has 0 saturated heterocycles. The molecular weight excluding hydrogens is 314 g/mol. The molecule has 0 bridgehead atoms. The third-order valence-electron chi connectivity index (χ3n) is 3.47. The minimum Gasteiger partial charge on any atom is -0.380 e. The maximum Gasteiger partial charge on any atom is 0.163 e. The van der Waals surface area contributed by atoms with Gasteiger partial charge in [-0.2, -0.15) is 0 Å². The molecule has 2 heterocycles. The van der Waals surface area contributed by atoms with E-state index in [-0.39, 0.29) is 0 Å². The van der Waals surface area contributed by atoms with Crippen LogP contribution in [-0.2, 0) is 4.74 Å². The minimum absolute atomic E-state index is 0.633. The predicted octanol–water partition coefficient (Wildman–Crippen LogP) is 3.73. The van der Waals surface area contributed by atoms with Gasteiger partial charge in [0, 0.05) is 42.9 Å². The monoisotopic (exact) mass is 335 g/mol. The fourth-order valence-electron chi connectivity index (χ4n) is 2.30. The van der Waals surface area contributed by atoms with E-state index in [4.69, 9.17) is 4.74 Å². The molecule has 2 aromatic heterocycles. The van der Waals surface area contributed by atoms with Crippen LogP contribution in [0.5, 0.6) is 0 Å². The lowest BCUT2D eigenvalue weighted by molar-refractivity contribution is 0.158. The maximum atomic E-state index is 5.37. The zero-order chi connectivity index (χ0) is 17.3. The topological polar surface area (TPSA) is 72.0 Å². The fraction of sp³-hybridized carbons (Fsp3) is 0.211. The van der Waals surface area contributed by atoms with Crippen molar-refractivity contribution in [1.82, 2.24) is 15.0 Å². The molecule has 0 aliphatic heterocycles. The van der Waals surface area contributed by atoms with Crippen molar-refractivity contribution in [2.45, 2.75) is 6.92 Å². The van der Waals surface area contributed by atoms with E-state index in [9.17, 15) is 0 Å². The van der Waals surface area contributed by atoms with Crippen molar-refractivity contribution in [2.75, 3.05) is 30.4 Å². The predicted molar refractivity (Wildman–Crippen MR) is 100.0 cm³/mol. The van der Waals surface area contributed by atoms with Crippen LogP contribution in [0.1, 0.15) is 6.92 Å². The molecule has 0 fully saturated rings. The summed E-state index contributed by atoms with van der Waals surface area (Å²) < 4.78 is 5.37. The highest BCUT2D eigenvalue weighted by atomic mass is 16.5. The first kappa shape index (κ1) is 16.9. The van der Waals surface area contributed by atoms with Crippen LogP contribution in [0.4, 0.5) is 17.3 Å². The summed E-state index contributed by atoms with van der Waals surface area (Å²) in [5.74, 6) is 2.14. The molecular formula is C19H21N5O. The van der Waals surface area contributed by atoms with Crippen molar-refractivity contribution in [1.29, 1.82) is 0 Å². The molecule has 25 heavy (non-hydrogen) atoms. The summed E-state index contributed by atoms with van der Waals surface area (Å²) in [4.78, 5) is 13.3. The summed E-state index contributed by atoms with van der Waals surface area (Å²) in [5.41, 5.74) is 1.89. The van der Waals surface area contributed by atoms with Crippen LogP contribution in [0.3, 0.4) is 0 Å². The molecule has 0 atom stereocenters. The average Bonchev–Trinajstić information content (AvgIpc) is 2.67. The van der Waals surface area contributed by atoms with Crippen LogP contribution in [0, 0.1) is 0 Å². The lowest BCUT2D eigenvalue weighted by Gasteiger charge is -2.11. The van der Waals surface area contributed by atoms with E-state index >= 15 is 0 Å². The van der Waals surface area contributed by atoms with E-state index < -0.39 is 0 Å². The Hall–Kier alpha value is -2.99. The van der Waals surface area contributed by atoms with Crippen LogP contribution in [0.25, 0.3) is 11.4 Å². The van der Waals surface area contributed by atoms with Crippen LogP contribution < -0.4 is 10.6 Å². The van der Waals surface area contributed by atoms with E-state index in [1.165, 1.54) is 0 Å². The Morgan fingerprint density at radius 1 is 0.960 bits per heavy atom. The van der Waals surface area contributed by atoms with Gasteiger partial charge >= 0.3 is 0 Å². The number of anilines is 3. The molecule has 0 saturated carbocycles. The van der Waals surface area contributed by atoms with E-state index in [1.54, 1.807) is 12.4 Å². The summed E-state index contributed by atoms with van der Waals surface area (Å²) in [5, 5.41) is 6.58. The van der Waals surface area contributed by atoms with Gasteiger partial charge in [-0.05, 0) is 19.1 Å². The average molecular weight is 335 g/mol. The van der Waals surface area contributed by atoms with Crippen molar-refractivity contribution in [2.24, 2.45) is 0 Å². The lowest BCUT2D eigenvalue weighted by Crippen LogP contribution is -2.11. The summed E-state index contributed by atoms with van der Waals surface area (Å²) in [6.07, 6.45) is 3.48. The van der Waals surface area contributed by atoms with Crippen molar-refractivity contribution in [3.63, 3.8) is 0 Å². The van der Waals surface area contributed by atoms with Gasteiger partial charge in [-0.3, -0.25) is 4.98 Å². The van der Waals surface area contributed by atoms with E-state index in [2.05, 4.69) is 25.6 Å². The molecule has 0 amide bonds. The van der Waals surface area contributed by atoms with Crippen molar-refractivity contribution in [3.8, 4) is 11.4 Å². The quantitative estimate of drug-likeness (QED) is 0.611. The van der Waals surface area contributed by atoms with Gasteiger partial charge in [-0.25, -0.2) is 9.97 Å². The van der Waals surface area contributed by atoms with Crippen molar-refractivity contribution >= 4 is 17.3 Å². The van der Waals surface area contributed by atoms with Gasteiger partial charge in [-0.15, -0.1) is 0 Å². The molecule has 2 N–H and O–H groups in total. The van der Waals surface area contributed by atoms with Gasteiger partial charge in [0.15, 0.2) is 5.82 Å². The van der Waals surface area contributed by atoms with Gasteiger partial charge in [0.05, 0.1) is 6.61 Å². The molecule has 3 aromatic rings. The van der Waals surface area contributed by atoms with Gasteiger partial charge in [0.2, 0.25) is 0 Å². The number of pyridine rings is 1. The third-order valence-corrected chi connectivity index (χ3v) is 3.47. The molecule has 128 valence electrons. The van der Waals surface area contributed by atoms with E-state index in [0.717, 1.165) is 22.9 Å². The van der Waals surface area contributed by atoms with Gasteiger partial charge in [0.1, 0.15) is 11.6 Å². The van der Waals surface area contributed by atoms with Gasteiger partial charge < -0.3 is 15.4 Å². The van der Waals surface area contributed by atoms with Crippen molar-refractivity contribution in [3.05, 3.63) is 60.9 Å². The van der Waals surface area contributed by atoms with Gasteiger partial charge in [0.25, 0.3) is 0 Å². The Morgan fingerprint density at radius 2 is 1.72 bits per heavy atom. The minimum atomic E-state index is 0.633. The summed E-state index contributed by atoms with van der Waals surface area (Å²) in [7, 11) is 0. The summed E-state index contributed by atoms with van der Waals surface area (Å²) in [6.45, 7) is 4.01. The fourth-order valence-corrected chi connectivity index (χ4v) is 2.30. The van der Waals surface area contributed by atoms with Gasteiger partial charge in [-0.1, -0.05) is 30.3 Å². The highest BCUT2D eigenvalue weighted by molar-refractivity contribution is 5.64. The molecule has 0 aliphatic rings. The number of hydrogen-bond donors (Lipinski definition) is 2. The van der Waals surface area contributed by atoms with Crippen LogP contribution in [-0.4, -0.2) is 34.7 Å². The van der Waals surface area contributed by atoms with Crippen molar-refractivity contribution < 1.29 is 4.74 Å². The van der Waals surface area contributed by atoms with Crippen LogP contribution in [0.15, 0.2) is 60.9 Å². The Balaban J connectivity index is 1.85. The number of ether oxygens (including phenoxy) is 1. The number of nitrogens with one attached hydrogen (secondary N) is 2. The number of nitrogens with zero attached hydrogens (tertiary/aromatic N) is 3. The second-order valence-electron chi connectivity index (χ2n) is 5.31.